The van der Waals surface area contributed by atoms with E-state index >= 15 is 0 Å². The molecule has 102 valence electrons. The van der Waals surface area contributed by atoms with Gasteiger partial charge in [0, 0.05) is 6.04 Å². The molecule has 2 heterocycles. The van der Waals surface area contributed by atoms with Crippen LogP contribution in [-0.4, -0.2) is 41.2 Å². The number of carbonyl (C=O) groups is 2. The fourth-order valence-corrected chi connectivity index (χ4v) is 1.79. The number of rotatable bonds is 3. The zero-order valence-corrected chi connectivity index (χ0v) is 10.4. The number of carboxylic acids is 1. The normalized spacial score (nSPS) is 26.1. The van der Waals surface area contributed by atoms with Gasteiger partial charge in [0.2, 0.25) is 5.91 Å². The van der Waals surface area contributed by atoms with Gasteiger partial charge in [0.05, 0.1) is 30.5 Å². The van der Waals surface area contributed by atoms with Crippen LogP contribution in [0.4, 0.5) is 5.69 Å². The van der Waals surface area contributed by atoms with Crippen LogP contribution < -0.4 is 11.1 Å². The van der Waals surface area contributed by atoms with Crippen molar-refractivity contribution in [2.45, 2.75) is 13.0 Å². The van der Waals surface area contributed by atoms with Crippen molar-refractivity contribution in [3.8, 4) is 0 Å². The van der Waals surface area contributed by atoms with Gasteiger partial charge in [0.1, 0.15) is 5.69 Å². The van der Waals surface area contributed by atoms with Crippen molar-refractivity contribution in [1.29, 1.82) is 0 Å². The molecule has 4 N–H and O–H groups in total. The highest BCUT2D eigenvalue weighted by Crippen LogP contribution is 2.28. The summed E-state index contributed by atoms with van der Waals surface area (Å²) >= 11 is 0. The van der Waals surface area contributed by atoms with E-state index in [0.29, 0.717) is 12.3 Å². The van der Waals surface area contributed by atoms with Crippen molar-refractivity contribution in [2.24, 2.45) is 11.1 Å². The predicted octanol–water partition coefficient (Wildman–Crippen LogP) is 0.0821. The summed E-state index contributed by atoms with van der Waals surface area (Å²) in [6, 6.07) is 2.45. The molecule has 1 fully saturated rings. The number of anilines is 1. The summed E-state index contributed by atoms with van der Waals surface area (Å²) in [5.41, 5.74) is 5.41. The molecule has 7 nitrogen and oxygen atoms in total. The number of carboxylic acid groups (broad SMARTS) is 1. The number of aromatic nitrogens is 1. The molecule has 0 radical (unpaired) electrons. The van der Waals surface area contributed by atoms with Crippen LogP contribution in [0.25, 0.3) is 0 Å². The van der Waals surface area contributed by atoms with E-state index in [0.717, 1.165) is 0 Å². The largest absolute Gasteiger partial charge is 0.477 e. The SMILES string of the molecule is CC1(C(=O)Nc2ccc(C(=O)O)nc2)COCC1N. The second kappa shape index (κ2) is 4.94. The number of carbonyl (C=O) groups excluding carboxylic acids is 1. The Labute approximate surface area is 109 Å². The van der Waals surface area contributed by atoms with Crippen LogP contribution in [-0.2, 0) is 9.53 Å². The Balaban J connectivity index is 2.09. The summed E-state index contributed by atoms with van der Waals surface area (Å²) in [5.74, 6) is -1.38. The Kier molecular flexibility index (Phi) is 3.50. The fraction of sp³-hybridized carbons (Fsp3) is 0.417. The third kappa shape index (κ3) is 2.56. The number of nitrogens with one attached hydrogen (secondary N) is 1. The standard InChI is InChI=1S/C12H15N3O4/c1-12(6-19-5-9(12)13)11(18)15-7-2-3-8(10(16)17)14-4-7/h2-4,9H,5-6,13H2,1H3,(H,15,18)(H,16,17). The van der Waals surface area contributed by atoms with Gasteiger partial charge in [-0.3, -0.25) is 4.79 Å². The molecule has 2 rings (SSSR count). The Morgan fingerprint density at radius 2 is 2.32 bits per heavy atom. The van der Waals surface area contributed by atoms with Crippen molar-refractivity contribution in [1.82, 2.24) is 4.98 Å². The molecule has 0 spiro atoms. The summed E-state index contributed by atoms with van der Waals surface area (Å²) in [4.78, 5) is 26.5. The first kappa shape index (κ1) is 13.4. The van der Waals surface area contributed by atoms with Gasteiger partial charge < -0.3 is 20.9 Å². The van der Waals surface area contributed by atoms with Crippen molar-refractivity contribution < 1.29 is 19.4 Å². The van der Waals surface area contributed by atoms with Crippen molar-refractivity contribution >= 4 is 17.6 Å². The molecule has 0 aromatic carbocycles. The van der Waals surface area contributed by atoms with Gasteiger partial charge >= 0.3 is 5.97 Å². The van der Waals surface area contributed by atoms with Crippen LogP contribution in [0.15, 0.2) is 18.3 Å². The van der Waals surface area contributed by atoms with E-state index in [1.807, 2.05) is 0 Å². The summed E-state index contributed by atoms with van der Waals surface area (Å²) in [5, 5.41) is 11.4. The number of hydrogen-bond acceptors (Lipinski definition) is 5. The molecule has 1 aliphatic rings. The van der Waals surface area contributed by atoms with Crippen LogP contribution >= 0.6 is 0 Å². The molecular formula is C12H15N3O4. The molecule has 1 aromatic heterocycles. The lowest BCUT2D eigenvalue weighted by molar-refractivity contribution is -0.125. The number of pyridine rings is 1. The number of nitrogens with two attached hydrogens (primary N) is 1. The van der Waals surface area contributed by atoms with Gasteiger partial charge in [-0.25, -0.2) is 9.78 Å². The third-order valence-electron chi connectivity index (χ3n) is 3.28. The van der Waals surface area contributed by atoms with E-state index in [1.54, 1.807) is 6.92 Å². The minimum Gasteiger partial charge on any atom is -0.477 e. The monoisotopic (exact) mass is 265 g/mol. The predicted molar refractivity (Wildman–Crippen MR) is 66.7 cm³/mol. The van der Waals surface area contributed by atoms with Gasteiger partial charge in [0.25, 0.3) is 0 Å². The number of ether oxygens (including phenoxy) is 1. The van der Waals surface area contributed by atoms with Gasteiger partial charge in [-0.15, -0.1) is 0 Å². The zero-order valence-electron chi connectivity index (χ0n) is 10.4. The van der Waals surface area contributed by atoms with E-state index in [9.17, 15) is 9.59 Å². The Morgan fingerprint density at radius 3 is 2.79 bits per heavy atom. The van der Waals surface area contributed by atoms with E-state index in [1.165, 1.54) is 18.3 Å². The molecule has 2 unspecified atom stereocenters. The Bertz CT molecular complexity index is 502. The molecule has 0 aliphatic carbocycles. The smallest absolute Gasteiger partial charge is 0.354 e. The van der Waals surface area contributed by atoms with Crippen LogP contribution in [0.2, 0.25) is 0 Å². The second-order valence-electron chi connectivity index (χ2n) is 4.73. The van der Waals surface area contributed by atoms with Crippen LogP contribution in [0.5, 0.6) is 0 Å². The molecule has 1 aromatic rings. The topological polar surface area (TPSA) is 115 Å². The molecule has 1 amide bonds. The number of amides is 1. The first-order valence-electron chi connectivity index (χ1n) is 5.77. The number of hydrogen-bond donors (Lipinski definition) is 3. The first-order valence-corrected chi connectivity index (χ1v) is 5.77. The second-order valence-corrected chi connectivity index (χ2v) is 4.73. The molecule has 0 saturated carbocycles. The molecular weight excluding hydrogens is 250 g/mol. The van der Waals surface area contributed by atoms with E-state index < -0.39 is 11.4 Å². The Morgan fingerprint density at radius 1 is 1.58 bits per heavy atom. The van der Waals surface area contributed by atoms with E-state index in [-0.39, 0.29) is 24.2 Å². The Hall–Kier alpha value is -1.99. The van der Waals surface area contributed by atoms with Crippen LogP contribution in [0.1, 0.15) is 17.4 Å². The van der Waals surface area contributed by atoms with Gasteiger partial charge in [-0.05, 0) is 19.1 Å². The van der Waals surface area contributed by atoms with E-state index in [4.69, 9.17) is 15.6 Å². The molecule has 19 heavy (non-hydrogen) atoms. The molecule has 2 atom stereocenters. The number of aromatic carboxylic acids is 1. The zero-order chi connectivity index (χ0) is 14.0. The van der Waals surface area contributed by atoms with Crippen molar-refractivity contribution in [3.05, 3.63) is 24.0 Å². The lowest BCUT2D eigenvalue weighted by Gasteiger charge is -2.25. The molecule has 1 saturated heterocycles. The molecule has 1 aliphatic heterocycles. The lowest BCUT2D eigenvalue weighted by atomic mass is 9.85. The maximum atomic E-state index is 12.2. The molecule has 0 bridgehead atoms. The summed E-state index contributed by atoms with van der Waals surface area (Å²) in [6.07, 6.45) is 1.30. The fourth-order valence-electron chi connectivity index (χ4n) is 1.79. The summed E-state index contributed by atoms with van der Waals surface area (Å²) in [6.45, 7) is 2.35. The first-order chi connectivity index (χ1) is 8.93. The van der Waals surface area contributed by atoms with Crippen molar-refractivity contribution in [3.63, 3.8) is 0 Å². The minimum atomic E-state index is -1.11. The third-order valence-corrected chi connectivity index (χ3v) is 3.28. The maximum absolute atomic E-state index is 12.2. The summed E-state index contributed by atoms with van der Waals surface area (Å²) in [7, 11) is 0. The quantitative estimate of drug-likeness (QED) is 0.713. The minimum absolute atomic E-state index is 0.0786. The van der Waals surface area contributed by atoms with Crippen molar-refractivity contribution in [2.75, 3.05) is 18.5 Å². The number of nitrogens with zero attached hydrogens (tertiary/aromatic N) is 1. The van der Waals surface area contributed by atoms with Crippen LogP contribution in [0.3, 0.4) is 0 Å². The van der Waals surface area contributed by atoms with Gasteiger partial charge in [0.15, 0.2) is 0 Å². The highest BCUT2D eigenvalue weighted by atomic mass is 16.5. The maximum Gasteiger partial charge on any atom is 0.354 e. The van der Waals surface area contributed by atoms with Gasteiger partial charge in [-0.1, -0.05) is 0 Å². The average Bonchev–Trinajstić information content (AvgIpc) is 2.71. The average molecular weight is 265 g/mol. The van der Waals surface area contributed by atoms with Gasteiger partial charge in [-0.2, -0.15) is 0 Å². The lowest BCUT2D eigenvalue weighted by Crippen LogP contribution is -2.47. The highest BCUT2D eigenvalue weighted by Gasteiger charge is 2.44. The highest BCUT2D eigenvalue weighted by molar-refractivity contribution is 5.96. The summed E-state index contributed by atoms with van der Waals surface area (Å²) < 4.78 is 5.20. The molecule has 7 heteroatoms. The van der Waals surface area contributed by atoms with Crippen LogP contribution in [0, 0.1) is 5.41 Å². The van der Waals surface area contributed by atoms with E-state index in [2.05, 4.69) is 10.3 Å².